The summed E-state index contributed by atoms with van der Waals surface area (Å²) in [4.78, 5) is 2.53. The van der Waals surface area contributed by atoms with Crippen LogP contribution in [0.1, 0.15) is 43.2 Å². The Kier molecular flexibility index (Phi) is 5.21. The highest BCUT2D eigenvalue weighted by Crippen LogP contribution is 2.31. The number of benzene rings is 1. The standard InChI is InChI=1S/C16H26N2/c1-2-11-18(12-10-17)13-15-8-5-7-14-6-3-4-9-16(14)15/h3-4,6,9,15H,2,5,7-8,10-13,17H2,1H3. The van der Waals surface area contributed by atoms with Gasteiger partial charge in [-0.1, -0.05) is 31.2 Å². The van der Waals surface area contributed by atoms with E-state index in [0.717, 1.165) is 13.1 Å². The van der Waals surface area contributed by atoms with E-state index in [1.165, 1.54) is 38.8 Å². The van der Waals surface area contributed by atoms with E-state index in [9.17, 15) is 0 Å². The lowest BCUT2D eigenvalue weighted by Crippen LogP contribution is -2.34. The number of nitrogens with two attached hydrogens (primary N) is 1. The maximum atomic E-state index is 5.72. The zero-order valence-corrected chi connectivity index (χ0v) is 11.6. The number of hydrogen-bond donors (Lipinski definition) is 1. The summed E-state index contributed by atoms with van der Waals surface area (Å²) in [6.45, 7) is 6.41. The molecule has 0 saturated heterocycles. The van der Waals surface area contributed by atoms with E-state index >= 15 is 0 Å². The first-order chi connectivity index (χ1) is 8.85. The zero-order chi connectivity index (χ0) is 12.8. The summed E-state index contributed by atoms with van der Waals surface area (Å²) < 4.78 is 0. The summed E-state index contributed by atoms with van der Waals surface area (Å²) in [5, 5.41) is 0. The van der Waals surface area contributed by atoms with Crippen molar-refractivity contribution in [2.24, 2.45) is 5.73 Å². The second kappa shape index (κ2) is 6.91. The van der Waals surface area contributed by atoms with Crippen molar-refractivity contribution in [3.63, 3.8) is 0 Å². The molecular weight excluding hydrogens is 220 g/mol. The van der Waals surface area contributed by atoms with Crippen LogP contribution in [0, 0.1) is 0 Å². The maximum Gasteiger partial charge on any atom is 0.0105 e. The first kappa shape index (κ1) is 13.6. The molecule has 0 saturated carbocycles. The fourth-order valence-electron chi connectivity index (χ4n) is 3.15. The van der Waals surface area contributed by atoms with E-state index in [1.807, 2.05) is 0 Å². The number of hydrogen-bond acceptors (Lipinski definition) is 2. The van der Waals surface area contributed by atoms with Gasteiger partial charge in [0, 0.05) is 19.6 Å². The quantitative estimate of drug-likeness (QED) is 0.836. The second-order valence-corrected chi connectivity index (χ2v) is 5.38. The van der Waals surface area contributed by atoms with Gasteiger partial charge in [0.2, 0.25) is 0 Å². The average molecular weight is 246 g/mol. The number of rotatable bonds is 6. The third-order valence-electron chi connectivity index (χ3n) is 3.96. The summed E-state index contributed by atoms with van der Waals surface area (Å²) in [5.74, 6) is 0.716. The molecule has 1 aliphatic rings. The molecule has 0 spiro atoms. The molecule has 2 N–H and O–H groups in total. The van der Waals surface area contributed by atoms with Crippen LogP contribution in [0.15, 0.2) is 24.3 Å². The van der Waals surface area contributed by atoms with Gasteiger partial charge in [-0.05, 0) is 49.3 Å². The average Bonchev–Trinajstić information content (AvgIpc) is 2.40. The van der Waals surface area contributed by atoms with Gasteiger partial charge in [-0.3, -0.25) is 0 Å². The summed E-state index contributed by atoms with van der Waals surface area (Å²) in [5.41, 5.74) is 8.87. The lowest BCUT2D eigenvalue weighted by Gasteiger charge is -2.31. The molecule has 1 aromatic rings. The summed E-state index contributed by atoms with van der Waals surface area (Å²) in [6, 6.07) is 8.98. The Labute approximate surface area is 111 Å². The Morgan fingerprint density at radius 3 is 2.89 bits per heavy atom. The Hall–Kier alpha value is -0.860. The van der Waals surface area contributed by atoms with Crippen molar-refractivity contribution in [3.8, 4) is 0 Å². The molecule has 18 heavy (non-hydrogen) atoms. The second-order valence-electron chi connectivity index (χ2n) is 5.38. The van der Waals surface area contributed by atoms with Crippen molar-refractivity contribution >= 4 is 0 Å². The molecule has 2 rings (SSSR count). The third kappa shape index (κ3) is 3.33. The molecule has 0 aromatic heterocycles. The largest absolute Gasteiger partial charge is 0.329 e. The van der Waals surface area contributed by atoms with Crippen LogP contribution in [0.5, 0.6) is 0 Å². The Bertz CT molecular complexity index is 356. The molecule has 0 amide bonds. The van der Waals surface area contributed by atoms with Gasteiger partial charge in [0.25, 0.3) is 0 Å². The highest BCUT2D eigenvalue weighted by molar-refractivity contribution is 5.32. The van der Waals surface area contributed by atoms with Crippen LogP contribution in [0.4, 0.5) is 0 Å². The molecule has 0 fully saturated rings. The highest BCUT2D eigenvalue weighted by atomic mass is 15.1. The maximum absolute atomic E-state index is 5.72. The fourth-order valence-corrected chi connectivity index (χ4v) is 3.15. The molecular formula is C16H26N2. The van der Waals surface area contributed by atoms with Gasteiger partial charge >= 0.3 is 0 Å². The normalized spacial score (nSPS) is 18.9. The van der Waals surface area contributed by atoms with Gasteiger partial charge in [-0.25, -0.2) is 0 Å². The van der Waals surface area contributed by atoms with Gasteiger partial charge in [-0.2, -0.15) is 0 Å². The summed E-state index contributed by atoms with van der Waals surface area (Å²) >= 11 is 0. The lowest BCUT2D eigenvalue weighted by molar-refractivity contribution is 0.254. The fraction of sp³-hybridized carbons (Fsp3) is 0.625. The van der Waals surface area contributed by atoms with Gasteiger partial charge in [0.15, 0.2) is 0 Å². The van der Waals surface area contributed by atoms with Crippen LogP contribution >= 0.6 is 0 Å². The Morgan fingerprint density at radius 1 is 1.28 bits per heavy atom. The molecule has 1 aliphatic carbocycles. The molecule has 0 bridgehead atoms. The van der Waals surface area contributed by atoms with Crippen LogP contribution in [0.2, 0.25) is 0 Å². The van der Waals surface area contributed by atoms with Gasteiger partial charge in [0.05, 0.1) is 0 Å². The van der Waals surface area contributed by atoms with E-state index in [0.29, 0.717) is 5.92 Å². The monoisotopic (exact) mass is 246 g/mol. The summed E-state index contributed by atoms with van der Waals surface area (Å²) in [6.07, 6.45) is 5.15. The van der Waals surface area contributed by atoms with E-state index in [1.54, 1.807) is 11.1 Å². The molecule has 1 aromatic carbocycles. The molecule has 1 atom stereocenters. The molecule has 0 aliphatic heterocycles. The lowest BCUT2D eigenvalue weighted by atomic mass is 9.82. The summed E-state index contributed by atoms with van der Waals surface area (Å²) in [7, 11) is 0. The minimum Gasteiger partial charge on any atom is -0.329 e. The van der Waals surface area contributed by atoms with E-state index < -0.39 is 0 Å². The predicted octanol–water partition coefficient (Wildman–Crippen LogP) is 2.78. The van der Waals surface area contributed by atoms with Gasteiger partial charge < -0.3 is 10.6 Å². The van der Waals surface area contributed by atoms with Crippen LogP contribution in [-0.4, -0.2) is 31.1 Å². The number of nitrogens with zero attached hydrogens (tertiary/aromatic N) is 1. The van der Waals surface area contributed by atoms with Crippen molar-refractivity contribution < 1.29 is 0 Å². The number of aryl methyl sites for hydroxylation is 1. The predicted molar refractivity (Wildman–Crippen MR) is 77.9 cm³/mol. The van der Waals surface area contributed by atoms with Crippen molar-refractivity contribution in [1.82, 2.24) is 4.90 Å². The van der Waals surface area contributed by atoms with Crippen LogP contribution in [0.3, 0.4) is 0 Å². The first-order valence-corrected chi connectivity index (χ1v) is 7.35. The van der Waals surface area contributed by atoms with Gasteiger partial charge in [0.1, 0.15) is 0 Å². The molecule has 1 unspecified atom stereocenters. The van der Waals surface area contributed by atoms with Crippen molar-refractivity contribution in [2.45, 2.75) is 38.5 Å². The van der Waals surface area contributed by atoms with Crippen molar-refractivity contribution in [1.29, 1.82) is 0 Å². The Morgan fingerprint density at radius 2 is 2.11 bits per heavy atom. The van der Waals surface area contributed by atoms with Crippen LogP contribution < -0.4 is 5.73 Å². The van der Waals surface area contributed by atoms with E-state index in [4.69, 9.17) is 5.73 Å². The van der Waals surface area contributed by atoms with E-state index in [-0.39, 0.29) is 0 Å². The molecule has 0 heterocycles. The minimum absolute atomic E-state index is 0.716. The van der Waals surface area contributed by atoms with Crippen LogP contribution in [-0.2, 0) is 6.42 Å². The third-order valence-corrected chi connectivity index (χ3v) is 3.96. The SMILES string of the molecule is CCCN(CCN)CC1CCCc2ccccc21. The topological polar surface area (TPSA) is 29.3 Å². The highest BCUT2D eigenvalue weighted by Gasteiger charge is 2.21. The van der Waals surface area contributed by atoms with E-state index in [2.05, 4.69) is 36.1 Å². The van der Waals surface area contributed by atoms with Gasteiger partial charge in [-0.15, -0.1) is 0 Å². The minimum atomic E-state index is 0.716. The number of fused-ring (bicyclic) bond motifs is 1. The smallest absolute Gasteiger partial charge is 0.0105 e. The molecule has 0 radical (unpaired) electrons. The van der Waals surface area contributed by atoms with Crippen molar-refractivity contribution in [3.05, 3.63) is 35.4 Å². The molecule has 2 nitrogen and oxygen atoms in total. The zero-order valence-electron chi connectivity index (χ0n) is 11.6. The molecule has 2 heteroatoms. The van der Waals surface area contributed by atoms with Crippen LogP contribution in [0.25, 0.3) is 0 Å². The Balaban J connectivity index is 2.05. The molecule has 100 valence electrons. The van der Waals surface area contributed by atoms with Crippen molar-refractivity contribution in [2.75, 3.05) is 26.2 Å². The first-order valence-electron chi connectivity index (χ1n) is 7.35.